The molecule has 0 aliphatic rings. The molecular weight excluding hydrogens is 190 g/mol. The zero-order valence-electron chi connectivity index (χ0n) is 7.94. The Morgan fingerprint density at radius 1 is 1.07 bits per heavy atom. The number of carbonyl (C=O) groups is 1. The summed E-state index contributed by atoms with van der Waals surface area (Å²) < 4.78 is 0. The third kappa shape index (κ3) is 1.72. The molecule has 3 nitrogen and oxygen atoms in total. The number of rotatable bonds is 2. The van der Waals surface area contributed by atoms with Crippen molar-refractivity contribution in [3.8, 4) is 11.1 Å². The fourth-order valence-electron chi connectivity index (χ4n) is 1.49. The highest BCUT2D eigenvalue weighted by atomic mass is 16.1. The summed E-state index contributed by atoms with van der Waals surface area (Å²) in [6.45, 7) is 0. The molecule has 0 bridgehead atoms. The van der Waals surface area contributed by atoms with Crippen LogP contribution in [0.15, 0.2) is 47.4 Å². The van der Waals surface area contributed by atoms with Gasteiger partial charge in [0.25, 0.3) is 0 Å². The molecule has 1 heterocycles. The van der Waals surface area contributed by atoms with E-state index in [1.165, 1.54) is 12.3 Å². The number of aldehydes is 1. The Labute approximate surface area is 86.4 Å². The minimum atomic E-state index is -0.151. The van der Waals surface area contributed by atoms with Gasteiger partial charge in [0.2, 0.25) is 0 Å². The molecule has 2 rings (SSSR count). The lowest BCUT2D eigenvalue weighted by Crippen LogP contribution is -2.07. The Balaban J connectivity index is 2.72. The molecule has 15 heavy (non-hydrogen) atoms. The van der Waals surface area contributed by atoms with Crippen molar-refractivity contribution in [2.24, 2.45) is 0 Å². The van der Waals surface area contributed by atoms with Crippen LogP contribution < -0.4 is 5.43 Å². The fourth-order valence-corrected chi connectivity index (χ4v) is 1.49. The summed E-state index contributed by atoms with van der Waals surface area (Å²) in [6.07, 6.45) is 2.13. The van der Waals surface area contributed by atoms with Crippen molar-refractivity contribution in [3.63, 3.8) is 0 Å². The smallest absolute Gasteiger partial charge is 0.190 e. The monoisotopic (exact) mass is 199 g/mol. The van der Waals surface area contributed by atoms with Gasteiger partial charge in [-0.3, -0.25) is 9.59 Å². The lowest BCUT2D eigenvalue weighted by Gasteiger charge is -2.02. The van der Waals surface area contributed by atoms with Crippen LogP contribution in [0.1, 0.15) is 10.5 Å². The zero-order chi connectivity index (χ0) is 10.7. The van der Waals surface area contributed by atoms with Gasteiger partial charge < -0.3 is 4.98 Å². The number of hydrogen-bond acceptors (Lipinski definition) is 2. The van der Waals surface area contributed by atoms with Crippen molar-refractivity contribution in [3.05, 3.63) is 58.5 Å². The summed E-state index contributed by atoms with van der Waals surface area (Å²) in [4.78, 5) is 25.2. The minimum Gasteiger partial charge on any atom is -0.358 e. The van der Waals surface area contributed by atoms with Gasteiger partial charge in [-0.25, -0.2) is 0 Å². The largest absolute Gasteiger partial charge is 0.358 e. The SMILES string of the molecule is O=Cc1[nH]ccc(=O)c1-c1ccccc1. The number of nitrogens with one attached hydrogen (secondary N) is 1. The first-order chi connectivity index (χ1) is 7.33. The molecule has 74 valence electrons. The topological polar surface area (TPSA) is 49.9 Å². The van der Waals surface area contributed by atoms with E-state index in [9.17, 15) is 9.59 Å². The van der Waals surface area contributed by atoms with Crippen molar-refractivity contribution < 1.29 is 4.79 Å². The van der Waals surface area contributed by atoms with E-state index in [2.05, 4.69) is 4.98 Å². The molecule has 1 aromatic carbocycles. The van der Waals surface area contributed by atoms with Gasteiger partial charge in [0, 0.05) is 12.3 Å². The van der Waals surface area contributed by atoms with Crippen LogP contribution >= 0.6 is 0 Å². The summed E-state index contributed by atoms with van der Waals surface area (Å²) in [5, 5.41) is 0. The normalized spacial score (nSPS) is 9.87. The van der Waals surface area contributed by atoms with Crippen LogP contribution in [0.3, 0.4) is 0 Å². The summed E-state index contributed by atoms with van der Waals surface area (Å²) in [5.74, 6) is 0. The quantitative estimate of drug-likeness (QED) is 0.750. The average molecular weight is 199 g/mol. The van der Waals surface area contributed by atoms with Gasteiger partial charge in [0.05, 0.1) is 11.3 Å². The predicted molar refractivity (Wildman–Crippen MR) is 57.9 cm³/mol. The van der Waals surface area contributed by atoms with Crippen LogP contribution in [0.5, 0.6) is 0 Å². The molecule has 0 saturated carbocycles. The van der Waals surface area contributed by atoms with Crippen LogP contribution in [0, 0.1) is 0 Å². The van der Waals surface area contributed by atoms with E-state index in [0.29, 0.717) is 17.5 Å². The van der Waals surface area contributed by atoms with Crippen LogP contribution in [-0.2, 0) is 0 Å². The molecule has 0 amide bonds. The molecule has 0 atom stereocenters. The number of H-pyrrole nitrogens is 1. The van der Waals surface area contributed by atoms with Gasteiger partial charge in [0.15, 0.2) is 11.7 Å². The van der Waals surface area contributed by atoms with Crippen molar-refractivity contribution in [1.29, 1.82) is 0 Å². The van der Waals surface area contributed by atoms with Gasteiger partial charge in [-0.2, -0.15) is 0 Å². The maximum atomic E-state index is 11.6. The van der Waals surface area contributed by atoms with Crippen molar-refractivity contribution >= 4 is 6.29 Å². The first-order valence-corrected chi connectivity index (χ1v) is 4.55. The van der Waals surface area contributed by atoms with Gasteiger partial charge in [0.1, 0.15) is 0 Å². The predicted octanol–water partition coefficient (Wildman–Crippen LogP) is 1.85. The summed E-state index contributed by atoms with van der Waals surface area (Å²) in [7, 11) is 0. The van der Waals surface area contributed by atoms with E-state index in [4.69, 9.17) is 0 Å². The lowest BCUT2D eigenvalue weighted by atomic mass is 10.0. The van der Waals surface area contributed by atoms with E-state index >= 15 is 0 Å². The number of aromatic amines is 1. The molecule has 0 aliphatic carbocycles. The highest BCUT2D eigenvalue weighted by Gasteiger charge is 2.07. The molecule has 1 aromatic heterocycles. The third-order valence-electron chi connectivity index (χ3n) is 2.17. The molecular formula is C12H9NO2. The number of carbonyl (C=O) groups excluding carboxylic acids is 1. The van der Waals surface area contributed by atoms with Gasteiger partial charge >= 0.3 is 0 Å². The number of aromatic nitrogens is 1. The molecule has 2 aromatic rings. The summed E-state index contributed by atoms with van der Waals surface area (Å²) in [5.41, 5.74) is 1.34. The Bertz CT molecular complexity index is 529. The molecule has 0 spiro atoms. The maximum Gasteiger partial charge on any atom is 0.190 e. The first kappa shape index (κ1) is 9.40. The van der Waals surface area contributed by atoms with Gasteiger partial charge in [-0.1, -0.05) is 30.3 Å². The highest BCUT2D eigenvalue weighted by Crippen LogP contribution is 2.16. The second-order valence-electron chi connectivity index (χ2n) is 3.11. The number of pyridine rings is 1. The van der Waals surface area contributed by atoms with Crippen molar-refractivity contribution in [2.45, 2.75) is 0 Å². The van der Waals surface area contributed by atoms with Crippen LogP contribution in [0.25, 0.3) is 11.1 Å². The molecule has 1 N–H and O–H groups in total. The van der Waals surface area contributed by atoms with E-state index in [1.54, 1.807) is 12.1 Å². The van der Waals surface area contributed by atoms with Crippen molar-refractivity contribution in [1.82, 2.24) is 4.98 Å². The molecule has 0 fully saturated rings. The third-order valence-corrected chi connectivity index (χ3v) is 2.17. The van der Waals surface area contributed by atoms with E-state index in [-0.39, 0.29) is 5.43 Å². The molecule has 3 heteroatoms. The zero-order valence-corrected chi connectivity index (χ0v) is 7.94. The van der Waals surface area contributed by atoms with Crippen LogP contribution in [0.2, 0.25) is 0 Å². The van der Waals surface area contributed by atoms with E-state index in [1.807, 2.05) is 18.2 Å². The van der Waals surface area contributed by atoms with E-state index < -0.39 is 0 Å². The molecule has 0 radical (unpaired) electrons. The molecule has 0 saturated heterocycles. The van der Waals surface area contributed by atoms with Crippen LogP contribution in [0.4, 0.5) is 0 Å². The van der Waals surface area contributed by atoms with Crippen LogP contribution in [-0.4, -0.2) is 11.3 Å². The summed E-state index contributed by atoms with van der Waals surface area (Å²) in [6, 6.07) is 10.5. The van der Waals surface area contributed by atoms with Gasteiger partial charge in [-0.15, -0.1) is 0 Å². The molecule has 0 unspecified atom stereocenters. The number of hydrogen-bond donors (Lipinski definition) is 1. The standard InChI is InChI=1S/C12H9NO2/c14-8-10-12(11(15)6-7-13-10)9-4-2-1-3-5-9/h1-8H,(H,13,15). The van der Waals surface area contributed by atoms with E-state index in [0.717, 1.165) is 5.56 Å². The second-order valence-corrected chi connectivity index (χ2v) is 3.11. The average Bonchev–Trinajstić information content (AvgIpc) is 2.29. The number of benzene rings is 1. The second kappa shape index (κ2) is 3.92. The van der Waals surface area contributed by atoms with Crippen molar-refractivity contribution in [2.75, 3.05) is 0 Å². The summed E-state index contributed by atoms with van der Waals surface area (Å²) >= 11 is 0. The Hall–Kier alpha value is -2.16. The fraction of sp³-hybridized carbons (Fsp3) is 0. The highest BCUT2D eigenvalue weighted by molar-refractivity contribution is 5.84. The van der Waals surface area contributed by atoms with Gasteiger partial charge in [-0.05, 0) is 5.56 Å². The Morgan fingerprint density at radius 3 is 2.47 bits per heavy atom. The maximum absolute atomic E-state index is 11.6. The molecule has 0 aliphatic heterocycles. The first-order valence-electron chi connectivity index (χ1n) is 4.55. The minimum absolute atomic E-state index is 0.151. The lowest BCUT2D eigenvalue weighted by molar-refractivity contribution is 0.111. The Kier molecular flexibility index (Phi) is 2.46. The Morgan fingerprint density at radius 2 is 1.80 bits per heavy atom.